The SMILES string of the molecule is CCCc1nc(C(=O)NC2CCC2)sc1-c1ccc(S(=O)(=O)NC(C)(C)C)c2ccccc12. The van der Waals surface area contributed by atoms with Crippen molar-refractivity contribution in [1.82, 2.24) is 15.0 Å². The highest BCUT2D eigenvalue weighted by Crippen LogP contribution is 2.38. The molecule has 1 aliphatic rings. The third-order valence-corrected chi connectivity index (χ3v) is 8.62. The first-order valence-electron chi connectivity index (χ1n) is 11.5. The Morgan fingerprint density at radius 3 is 2.42 bits per heavy atom. The van der Waals surface area contributed by atoms with Crippen molar-refractivity contribution in [3.8, 4) is 10.4 Å². The molecule has 2 N–H and O–H groups in total. The van der Waals surface area contributed by atoms with E-state index < -0.39 is 15.6 Å². The van der Waals surface area contributed by atoms with E-state index >= 15 is 0 Å². The number of hydrogen-bond acceptors (Lipinski definition) is 5. The lowest BCUT2D eigenvalue weighted by atomic mass is 9.93. The van der Waals surface area contributed by atoms with E-state index in [9.17, 15) is 13.2 Å². The molecule has 1 aromatic heterocycles. The van der Waals surface area contributed by atoms with Crippen LogP contribution in [0.25, 0.3) is 21.2 Å². The number of amides is 1. The molecule has 0 bridgehead atoms. The molecule has 176 valence electrons. The molecule has 33 heavy (non-hydrogen) atoms. The van der Waals surface area contributed by atoms with E-state index in [0.717, 1.165) is 53.6 Å². The van der Waals surface area contributed by atoms with Crippen molar-refractivity contribution >= 4 is 38.0 Å². The zero-order valence-corrected chi connectivity index (χ0v) is 21.2. The van der Waals surface area contributed by atoms with Gasteiger partial charge >= 0.3 is 0 Å². The fraction of sp³-hybridized carbons (Fsp3) is 0.440. The number of nitrogens with zero attached hydrogens (tertiary/aromatic N) is 1. The first-order chi connectivity index (χ1) is 15.6. The molecule has 1 heterocycles. The molecule has 1 amide bonds. The molecule has 0 atom stereocenters. The van der Waals surface area contributed by atoms with Crippen molar-refractivity contribution in [3.63, 3.8) is 0 Å². The maximum atomic E-state index is 13.1. The Kier molecular flexibility index (Phi) is 6.62. The summed E-state index contributed by atoms with van der Waals surface area (Å²) in [6.07, 6.45) is 4.85. The summed E-state index contributed by atoms with van der Waals surface area (Å²) in [6, 6.07) is 11.3. The van der Waals surface area contributed by atoms with Gasteiger partial charge < -0.3 is 5.32 Å². The Morgan fingerprint density at radius 1 is 1.12 bits per heavy atom. The van der Waals surface area contributed by atoms with E-state index in [1.54, 1.807) is 6.07 Å². The molecule has 1 fully saturated rings. The summed E-state index contributed by atoms with van der Waals surface area (Å²) < 4.78 is 29.0. The highest BCUT2D eigenvalue weighted by atomic mass is 32.2. The van der Waals surface area contributed by atoms with E-state index in [2.05, 4.69) is 17.0 Å². The van der Waals surface area contributed by atoms with Gasteiger partial charge in [-0.15, -0.1) is 11.3 Å². The topological polar surface area (TPSA) is 88.2 Å². The van der Waals surface area contributed by atoms with Crippen LogP contribution in [0.1, 0.15) is 68.9 Å². The van der Waals surface area contributed by atoms with Crippen molar-refractivity contribution in [2.75, 3.05) is 0 Å². The average molecular weight is 486 g/mol. The maximum absolute atomic E-state index is 13.1. The van der Waals surface area contributed by atoms with Gasteiger partial charge in [0.1, 0.15) is 0 Å². The summed E-state index contributed by atoms with van der Waals surface area (Å²) in [5.74, 6) is -0.119. The lowest BCUT2D eigenvalue weighted by Gasteiger charge is -2.25. The van der Waals surface area contributed by atoms with Gasteiger partial charge in [-0.25, -0.2) is 18.1 Å². The molecule has 1 saturated carbocycles. The Bertz CT molecular complexity index is 1290. The number of fused-ring (bicyclic) bond motifs is 1. The molecule has 0 radical (unpaired) electrons. The number of carbonyl (C=O) groups excluding carboxylic acids is 1. The number of hydrogen-bond donors (Lipinski definition) is 2. The largest absolute Gasteiger partial charge is 0.347 e. The molecule has 0 saturated heterocycles. The Labute approximate surface area is 199 Å². The molecule has 1 aliphatic carbocycles. The second-order valence-corrected chi connectivity index (χ2v) is 12.3. The van der Waals surface area contributed by atoms with Crippen molar-refractivity contribution in [2.24, 2.45) is 0 Å². The van der Waals surface area contributed by atoms with Crippen LogP contribution in [0, 0.1) is 0 Å². The van der Waals surface area contributed by atoms with Crippen LogP contribution >= 0.6 is 11.3 Å². The summed E-state index contributed by atoms with van der Waals surface area (Å²) in [7, 11) is -3.71. The second-order valence-electron chi connectivity index (χ2n) is 9.66. The standard InChI is InChI=1S/C25H31N3O3S2/c1-5-9-20-22(32-24(27-20)23(29)26-16-10-8-11-16)19-14-15-21(18-13-7-6-12-17(18)19)33(30,31)28-25(2,3)4/h6-7,12-16,28H,5,8-11H2,1-4H3,(H,26,29). The Morgan fingerprint density at radius 2 is 1.82 bits per heavy atom. The number of sulfonamides is 1. The summed E-state index contributed by atoms with van der Waals surface area (Å²) >= 11 is 1.39. The number of aryl methyl sites for hydroxylation is 1. The lowest BCUT2D eigenvalue weighted by molar-refractivity contribution is 0.0916. The number of aromatic nitrogens is 1. The lowest BCUT2D eigenvalue weighted by Crippen LogP contribution is -2.40. The quantitative estimate of drug-likeness (QED) is 0.477. The van der Waals surface area contributed by atoms with Crippen molar-refractivity contribution in [3.05, 3.63) is 47.1 Å². The molecular formula is C25H31N3O3S2. The zero-order valence-electron chi connectivity index (χ0n) is 19.6. The summed E-state index contributed by atoms with van der Waals surface area (Å²) in [5, 5.41) is 5.03. The molecule has 8 heteroatoms. The van der Waals surface area contributed by atoms with E-state index in [1.165, 1.54) is 11.3 Å². The van der Waals surface area contributed by atoms with Crippen LogP contribution < -0.4 is 10.0 Å². The van der Waals surface area contributed by atoms with Crippen LogP contribution in [0.2, 0.25) is 0 Å². The number of thiazole rings is 1. The van der Waals surface area contributed by atoms with E-state index in [4.69, 9.17) is 4.98 Å². The van der Waals surface area contributed by atoms with E-state index in [0.29, 0.717) is 10.4 Å². The van der Waals surface area contributed by atoms with Crippen LogP contribution in [-0.2, 0) is 16.4 Å². The van der Waals surface area contributed by atoms with Gasteiger partial charge in [0.15, 0.2) is 5.01 Å². The maximum Gasteiger partial charge on any atom is 0.280 e. The van der Waals surface area contributed by atoms with E-state index in [1.807, 2.05) is 51.1 Å². The molecule has 6 nitrogen and oxygen atoms in total. The van der Waals surface area contributed by atoms with Gasteiger partial charge in [-0.05, 0) is 57.9 Å². The number of nitrogens with one attached hydrogen (secondary N) is 2. The van der Waals surface area contributed by atoms with Crippen molar-refractivity contribution in [1.29, 1.82) is 0 Å². The monoisotopic (exact) mass is 485 g/mol. The van der Waals surface area contributed by atoms with Crippen molar-refractivity contribution in [2.45, 2.75) is 76.3 Å². The van der Waals surface area contributed by atoms with Gasteiger partial charge in [0, 0.05) is 22.5 Å². The Balaban J connectivity index is 1.81. The van der Waals surface area contributed by atoms with Crippen LogP contribution in [0.15, 0.2) is 41.3 Å². The molecule has 2 aromatic carbocycles. The molecular weight excluding hydrogens is 454 g/mol. The summed E-state index contributed by atoms with van der Waals surface area (Å²) in [6.45, 7) is 7.56. The fourth-order valence-electron chi connectivity index (χ4n) is 4.03. The van der Waals surface area contributed by atoms with Gasteiger partial charge in [-0.3, -0.25) is 4.79 Å². The van der Waals surface area contributed by atoms with Crippen molar-refractivity contribution < 1.29 is 13.2 Å². The molecule has 4 rings (SSSR count). The molecule has 0 unspecified atom stereocenters. The normalized spacial score (nSPS) is 14.9. The predicted octanol–water partition coefficient (Wildman–Crippen LogP) is 5.27. The van der Waals surface area contributed by atoms with Gasteiger partial charge in [0.2, 0.25) is 10.0 Å². The number of carbonyl (C=O) groups is 1. The zero-order chi connectivity index (χ0) is 23.8. The number of benzene rings is 2. The van der Waals surface area contributed by atoms with Gasteiger partial charge in [-0.2, -0.15) is 0 Å². The third kappa shape index (κ3) is 5.13. The molecule has 3 aromatic rings. The Hall–Kier alpha value is -2.29. The molecule has 0 aliphatic heterocycles. The number of rotatable bonds is 7. The summed E-state index contributed by atoms with van der Waals surface area (Å²) in [5.41, 5.74) is 1.20. The molecule has 0 spiro atoms. The summed E-state index contributed by atoms with van der Waals surface area (Å²) in [4.78, 5) is 18.7. The minimum atomic E-state index is -3.71. The average Bonchev–Trinajstić information content (AvgIpc) is 3.12. The first-order valence-corrected chi connectivity index (χ1v) is 13.8. The minimum Gasteiger partial charge on any atom is -0.347 e. The van der Waals surface area contributed by atoms with Crippen LogP contribution in [0.4, 0.5) is 0 Å². The highest BCUT2D eigenvalue weighted by Gasteiger charge is 2.27. The fourth-order valence-corrected chi connectivity index (χ4v) is 6.71. The first kappa shape index (κ1) is 23.9. The second kappa shape index (κ2) is 9.16. The van der Waals surface area contributed by atoms with Crippen LogP contribution in [-0.4, -0.2) is 30.9 Å². The van der Waals surface area contributed by atoms with Gasteiger partial charge in [0.05, 0.1) is 15.5 Å². The van der Waals surface area contributed by atoms with Crippen LogP contribution in [0.5, 0.6) is 0 Å². The highest BCUT2D eigenvalue weighted by molar-refractivity contribution is 7.89. The minimum absolute atomic E-state index is 0.119. The van der Waals surface area contributed by atoms with Gasteiger partial charge in [-0.1, -0.05) is 43.7 Å². The predicted molar refractivity (Wildman–Crippen MR) is 134 cm³/mol. The van der Waals surface area contributed by atoms with Crippen LogP contribution in [0.3, 0.4) is 0 Å². The van der Waals surface area contributed by atoms with Gasteiger partial charge in [0.25, 0.3) is 5.91 Å². The van der Waals surface area contributed by atoms with E-state index in [-0.39, 0.29) is 16.8 Å². The smallest absolute Gasteiger partial charge is 0.280 e. The third-order valence-electron chi connectivity index (χ3n) is 5.68.